The molecule has 0 bridgehead atoms. The fraction of sp³-hybridized carbons (Fsp3) is 0.300. The van der Waals surface area contributed by atoms with Crippen molar-refractivity contribution in [1.82, 2.24) is 15.6 Å². The molecule has 1 heterocycles. The highest BCUT2D eigenvalue weighted by Crippen LogP contribution is 2.12. The monoisotopic (exact) mass is 369 g/mol. The van der Waals surface area contributed by atoms with Crippen molar-refractivity contribution in [3.05, 3.63) is 48.2 Å². The molecule has 2 aromatic rings. The first-order chi connectivity index (χ1) is 13.0. The van der Waals surface area contributed by atoms with Gasteiger partial charge in [-0.2, -0.15) is 0 Å². The Bertz CT molecular complexity index is 848. The van der Waals surface area contributed by atoms with Crippen LogP contribution in [0, 0.1) is 0 Å². The Morgan fingerprint density at radius 3 is 2.74 bits per heavy atom. The van der Waals surface area contributed by atoms with E-state index in [9.17, 15) is 14.4 Å². The number of nitrogens with one attached hydrogen (secondary N) is 2. The fourth-order valence-electron chi connectivity index (χ4n) is 2.26. The first-order valence-electron chi connectivity index (χ1n) is 8.77. The number of rotatable bonds is 8. The number of benzene rings is 1. The van der Waals surface area contributed by atoms with E-state index in [1.165, 1.54) is 12.2 Å². The zero-order valence-electron chi connectivity index (χ0n) is 15.4. The summed E-state index contributed by atoms with van der Waals surface area (Å²) in [5.74, 6) is -1.48. The molecule has 0 radical (unpaired) electrons. The SMILES string of the molecule is CCCNC(=O)[C@H](C)NC(=O)COC(=O)/C=C/c1ccc2ccccc2n1. The molecule has 27 heavy (non-hydrogen) atoms. The summed E-state index contributed by atoms with van der Waals surface area (Å²) in [5.41, 5.74) is 1.43. The van der Waals surface area contributed by atoms with Gasteiger partial charge in [0.1, 0.15) is 6.04 Å². The average Bonchev–Trinajstić information content (AvgIpc) is 2.68. The van der Waals surface area contributed by atoms with Gasteiger partial charge in [-0.3, -0.25) is 9.59 Å². The van der Waals surface area contributed by atoms with E-state index < -0.39 is 24.5 Å². The maximum atomic E-state index is 11.8. The molecule has 142 valence electrons. The summed E-state index contributed by atoms with van der Waals surface area (Å²) in [4.78, 5) is 39.6. The van der Waals surface area contributed by atoms with Gasteiger partial charge in [-0.05, 0) is 31.6 Å². The number of aromatic nitrogens is 1. The number of carbonyl (C=O) groups excluding carboxylic acids is 3. The number of carbonyl (C=O) groups is 3. The molecule has 0 saturated heterocycles. The number of nitrogens with zero attached hydrogens (tertiary/aromatic N) is 1. The summed E-state index contributed by atoms with van der Waals surface area (Å²) >= 11 is 0. The van der Waals surface area contributed by atoms with Gasteiger partial charge in [0.2, 0.25) is 5.91 Å². The summed E-state index contributed by atoms with van der Waals surface area (Å²) < 4.78 is 4.88. The molecule has 2 N–H and O–H groups in total. The molecular formula is C20H23N3O4. The predicted molar refractivity (Wildman–Crippen MR) is 103 cm³/mol. The van der Waals surface area contributed by atoms with E-state index in [1.807, 2.05) is 37.3 Å². The van der Waals surface area contributed by atoms with Gasteiger partial charge >= 0.3 is 5.97 Å². The average molecular weight is 369 g/mol. The van der Waals surface area contributed by atoms with Crippen LogP contribution in [0.2, 0.25) is 0 Å². The van der Waals surface area contributed by atoms with Crippen molar-refractivity contribution in [2.24, 2.45) is 0 Å². The Hall–Kier alpha value is -3.22. The molecule has 2 rings (SSSR count). The molecule has 0 spiro atoms. The summed E-state index contributed by atoms with van der Waals surface area (Å²) in [5, 5.41) is 6.15. The molecule has 2 amide bonds. The van der Waals surface area contributed by atoms with Crippen LogP contribution < -0.4 is 10.6 Å². The molecule has 0 aliphatic rings. The van der Waals surface area contributed by atoms with Gasteiger partial charge in [-0.15, -0.1) is 0 Å². The van der Waals surface area contributed by atoms with Crippen molar-refractivity contribution in [2.75, 3.05) is 13.2 Å². The maximum Gasteiger partial charge on any atom is 0.331 e. The van der Waals surface area contributed by atoms with Crippen LogP contribution in [0.15, 0.2) is 42.5 Å². The molecule has 1 atom stereocenters. The highest BCUT2D eigenvalue weighted by molar-refractivity contribution is 5.91. The molecular weight excluding hydrogens is 346 g/mol. The number of amides is 2. The van der Waals surface area contributed by atoms with Crippen molar-refractivity contribution in [2.45, 2.75) is 26.3 Å². The van der Waals surface area contributed by atoms with Gasteiger partial charge < -0.3 is 15.4 Å². The third kappa shape index (κ3) is 6.54. The van der Waals surface area contributed by atoms with Crippen LogP contribution in [0.3, 0.4) is 0 Å². The lowest BCUT2D eigenvalue weighted by Gasteiger charge is -2.13. The number of hydrogen-bond donors (Lipinski definition) is 2. The first kappa shape index (κ1) is 20.1. The van der Waals surface area contributed by atoms with Crippen LogP contribution in [-0.2, 0) is 19.1 Å². The predicted octanol–water partition coefficient (Wildman–Crippen LogP) is 1.82. The smallest absolute Gasteiger partial charge is 0.331 e. The second-order valence-corrected chi connectivity index (χ2v) is 5.95. The number of para-hydroxylation sites is 1. The minimum Gasteiger partial charge on any atom is -0.452 e. The van der Waals surface area contributed by atoms with Crippen molar-refractivity contribution in [3.63, 3.8) is 0 Å². The zero-order valence-corrected chi connectivity index (χ0v) is 15.4. The van der Waals surface area contributed by atoms with Crippen LogP contribution in [0.1, 0.15) is 26.0 Å². The lowest BCUT2D eigenvalue weighted by Crippen LogP contribution is -2.46. The Balaban J connectivity index is 1.79. The van der Waals surface area contributed by atoms with Gasteiger partial charge in [0.25, 0.3) is 5.91 Å². The van der Waals surface area contributed by atoms with Crippen molar-refractivity contribution < 1.29 is 19.1 Å². The van der Waals surface area contributed by atoms with E-state index in [1.54, 1.807) is 13.0 Å². The van der Waals surface area contributed by atoms with Gasteiger partial charge in [0.15, 0.2) is 6.61 Å². The normalized spacial score (nSPS) is 11.9. The molecule has 1 aromatic carbocycles. The summed E-state index contributed by atoms with van der Waals surface area (Å²) in [6.07, 6.45) is 3.54. The van der Waals surface area contributed by atoms with E-state index in [0.29, 0.717) is 12.2 Å². The molecule has 7 nitrogen and oxygen atoms in total. The topological polar surface area (TPSA) is 97.4 Å². The Morgan fingerprint density at radius 1 is 1.19 bits per heavy atom. The lowest BCUT2D eigenvalue weighted by molar-refractivity contribution is -0.144. The van der Waals surface area contributed by atoms with E-state index >= 15 is 0 Å². The highest BCUT2D eigenvalue weighted by atomic mass is 16.5. The molecule has 0 unspecified atom stereocenters. The number of esters is 1. The molecule has 0 saturated carbocycles. The van der Waals surface area contributed by atoms with Crippen LogP contribution in [0.5, 0.6) is 0 Å². The third-order valence-corrected chi connectivity index (χ3v) is 3.68. The summed E-state index contributed by atoms with van der Waals surface area (Å²) in [6.45, 7) is 3.58. The van der Waals surface area contributed by atoms with E-state index in [-0.39, 0.29) is 5.91 Å². The summed E-state index contributed by atoms with van der Waals surface area (Å²) in [6, 6.07) is 10.6. The van der Waals surface area contributed by atoms with Crippen molar-refractivity contribution in [3.8, 4) is 0 Å². The van der Waals surface area contributed by atoms with Crippen LogP contribution in [0.4, 0.5) is 0 Å². The Morgan fingerprint density at radius 2 is 1.96 bits per heavy atom. The Kier molecular flexibility index (Phi) is 7.49. The zero-order chi connectivity index (χ0) is 19.6. The fourth-order valence-corrected chi connectivity index (χ4v) is 2.26. The minimum atomic E-state index is -0.694. The lowest BCUT2D eigenvalue weighted by atomic mass is 10.2. The van der Waals surface area contributed by atoms with E-state index in [0.717, 1.165) is 17.3 Å². The number of hydrogen-bond acceptors (Lipinski definition) is 5. The van der Waals surface area contributed by atoms with Gasteiger partial charge in [-0.1, -0.05) is 31.2 Å². The Labute approximate surface area is 157 Å². The van der Waals surface area contributed by atoms with E-state index in [2.05, 4.69) is 15.6 Å². The first-order valence-corrected chi connectivity index (χ1v) is 8.77. The van der Waals surface area contributed by atoms with E-state index in [4.69, 9.17) is 4.74 Å². The number of fused-ring (bicyclic) bond motifs is 1. The standard InChI is InChI=1S/C20H23N3O4/c1-3-12-21-20(26)14(2)22-18(24)13-27-19(25)11-10-16-9-8-15-6-4-5-7-17(15)23-16/h4-11,14H,3,12-13H2,1-2H3,(H,21,26)(H,22,24)/b11-10+/t14-/m0/s1. The van der Waals surface area contributed by atoms with Crippen molar-refractivity contribution >= 4 is 34.8 Å². The summed E-state index contributed by atoms with van der Waals surface area (Å²) in [7, 11) is 0. The second kappa shape index (κ2) is 10.1. The van der Waals surface area contributed by atoms with Crippen LogP contribution in [0.25, 0.3) is 17.0 Å². The molecule has 0 aliphatic heterocycles. The van der Waals surface area contributed by atoms with Crippen LogP contribution in [-0.4, -0.2) is 42.0 Å². The maximum absolute atomic E-state index is 11.8. The van der Waals surface area contributed by atoms with Gasteiger partial charge in [-0.25, -0.2) is 9.78 Å². The minimum absolute atomic E-state index is 0.279. The third-order valence-electron chi connectivity index (χ3n) is 3.68. The number of pyridine rings is 1. The van der Waals surface area contributed by atoms with Crippen LogP contribution >= 0.6 is 0 Å². The molecule has 0 aliphatic carbocycles. The van der Waals surface area contributed by atoms with Gasteiger partial charge in [0, 0.05) is 18.0 Å². The molecule has 0 fully saturated rings. The number of ether oxygens (including phenoxy) is 1. The van der Waals surface area contributed by atoms with Gasteiger partial charge in [0.05, 0.1) is 11.2 Å². The van der Waals surface area contributed by atoms with Crippen molar-refractivity contribution in [1.29, 1.82) is 0 Å². The highest BCUT2D eigenvalue weighted by Gasteiger charge is 2.15. The largest absolute Gasteiger partial charge is 0.452 e. The quantitative estimate of drug-likeness (QED) is 0.546. The second-order valence-electron chi connectivity index (χ2n) is 5.95. The molecule has 7 heteroatoms. The molecule has 1 aromatic heterocycles.